The second-order valence-electron chi connectivity index (χ2n) is 4.75. The van der Waals surface area contributed by atoms with E-state index in [2.05, 4.69) is 15.5 Å². The Bertz CT molecular complexity index is 447. The van der Waals surface area contributed by atoms with Gasteiger partial charge < -0.3 is 5.32 Å². The second kappa shape index (κ2) is 6.45. The lowest BCUT2D eigenvalue weighted by Crippen LogP contribution is -2.40. The summed E-state index contributed by atoms with van der Waals surface area (Å²) >= 11 is 0. The molecule has 19 heavy (non-hydrogen) atoms. The number of likely N-dealkylation sites (N-methyl/N-ethyl adjacent to an activating group) is 1. The molecule has 1 fully saturated rings. The van der Waals surface area contributed by atoms with Crippen molar-refractivity contribution in [2.75, 3.05) is 26.7 Å². The molecule has 1 saturated heterocycles. The smallest absolute Gasteiger partial charge is 0.257 e. The lowest BCUT2D eigenvalue weighted by Gasteiger charge is -2.15. The molecule has 5 heteroatoms. The van der Waals surface area contributed by atoms with Gasteiger partial charge in [0.2, 0.25) is 5.91 Å². The summed E-state index contributed by atoms with van der Waals surface area (Å²) in [6.07, 6.45) is 1.04. The average molecular weight is 261 g/mol. The van der Waals surface area contributed by atoms with Crippen LogP contribution < -0.4 is 10.6 Å². The molecule has 1 atom stereocenters. The lowest BCUT2D eigenvalue weighted by molar-refractivity contribution is -0.121. The van der Waals surface area contributed by atoms with E-state index in [9.17, 15) is 9.59 Å². The number of nitrogens with zero attached hydrogens (tertiary/aromatic N) is 1. The van der Waals surface area contributed by atoms with E-state index in [0.29, 0.717) is 11.6 Å². The van der Waals surface area contributed by atoms with Gasteiger partial charge in [0.25, 0.3) is 5.91 Å². The van der Waals surface area contributed by atoms with E-state index < -0.39 is 0 Å². The van der Waals surface area contributed by atoms with E-state index in [4.69, 9.17) is 0 Å². The number of carbonyl (C=O) groups is 2. The molecule has 0 radical (unpaired) electrons. The van der Waals surface area contributed by atoms with Crippen LogP contribution in [0.4, 0.5) is 0 Å². The van der Waals surface area contributed by atoms with Gasteiger partial charge in [-0.3, -0.25) is 19.8 Å². The maximum Gasteiger partial charge on any atom is 0.257 e. The molecule has 2 N–H and O–H groups in total. The number of benzene rings is 1. The third kappa shape index (κ3) is 3.87. The molecule has 1 aromatic carbocycles. The van der Waals surface area contributed by atoms with Crippen LogP contribution in [0.1, 0.15) is 16.8 Å². The SMILES string of the molecule is CNC1CCN(CC(=O)NC(=O)c2ccccc2)C1. The van der Waals surface area contributed by atoms with Crippen molar-refractivity contribution in [2.45, 2.75) is 12.5 Å². The molecule has 1 aliphatic rings. The minimum atomic E-state index is -0.338. The number of hydrogen-bond acceptors (Lipinski definition) is 4. The van der Waals surface area contributed by atoms with Crippen molar-refractivity contribution < 1.29 is 9.59 Å². The molecule has 5 nitrogen and oxygen atoms in total. The molecule has 0 aliphatic carbocycles. The molecule has 1 aliphatic heterocycles. The Morgan fingerprint density at radius 1 is 1.32 bits per heavy atom. The average Bonchev–Trinajstić information content (AvgIpc) is 2.87. The maximum atomic E-state index is 11.8. The zero-order chi connectivity index (χ0) is 13.7. The van der Waals surface area contributed by atoms with Crippen LogP contribution in [0.25, 0.3) is 0 Å². The standard InChI is InChI=1S/C14H19N3O2/c1-15-12-7-8-17(9-12)10-13(18)16-14(19)11-5-3-2-4-6-11/h2-6,12,15H,7-10H2,1H3,(H,16,18,19). The highest BCUT2D eigenvalue weighted by atomic mass is 16.2. The van der Waals surface area contributed by atoms with Gasteiger partial charge in [0.1, 0.15) is 0 Å². The Balaban J connectivity index is 1.80. The maximum absolute atomic E-state index is 11.8. The van der Waals surface area contributed by atoms with Crippen molar-refractivity contribution in [3.8, 4) is 0 Å². The molecule has 0 spiro atoms. The van der Waals surface area contributed by atoms with Crippen LogP contribution in [0.3, 0.4) is 0 Å². The van der Waals surface area contributed by atoms with Crippen LogP contribution in [-0.4, -0.2) is 49.4 Å². The minimum absolute atomic E-state index is 0.245. The van der Waals surface area contributed by atoms with Gasteiger partial charge in [0.05, 0.1) is 6.54 Å². The van der Waals surface area contributed by atoms with Crippen molar-refractivity contribution in [3.05, 3.63) is 35.9 Å². The largest absolute Gasteiger partial charge is 0.316 e. The first-order valence-electron chi connectivity index (χ1n) is 6.48. The summed E-state index contributed by atoms with van der Waals surface area (Å²) in [6.45, 7) is 2.01. The van der Waals surface area contributed by atoms with Crippen molar-refractivity contribution >= 4 is 11.8 Å². The van der Waals surface area contributed by atoms with Crippen molar-refractivity contribution in [2.24, 2.45) is 0 Å². The molecule has 0 bridgehead atoms. The topological polar surface area (TPSA) is 61.4 Å². The monoisotopic (exact) mass is 261 g/mol. The summed E-state index contributed by atoms with van der Waals surface area (Å²) in [5, 5.41) is 5.61. The van der Waals surface area contributed by atoms with Gasteiger partial charge in [0.15, 0.2) is 0 Å². The molecule has 0 aromatic heterocycles. The fraction of sp³-hybridized carbons (Fsp3) is 0.429. The van der Waals surface area contributed by atoms with Crippen molar-refractivity contribution in [1.29, 1.82) is 0 Å². The first-order valence-corrected chi connectivity index (χ1v) is 6.48. The number of likely N-dealkylation sites (tertiary alicyclic amines) is 1. The molecule has 0 saturated carbocycles. The zero-order valence-corrected chi connectivity index (χ0v) is 11.1. The van der Waals surface area contributed by atoms with Crippen molar-refractivity contribution in [1.82, 2.24) is 15.5 Å². The normalized spacial score (nSPS) is 19.3. The third-order valence-electron chi connectivity index (χ3n) is 3.34. The van der Waals surface area contributed by atoms with Gasteiger partial charge in [-0.25, -0.2) is 0 Å². The first-order chi connectivity index (χ1) is 9.19. The van der Waals surface area contributed by atoms with Crippen LogP contribution in [0.15, 0.2) is 30.3 Å². The van der Waals surface area contributed by atoms with E-state index in [1.54, 1.807) is 24.3 Å². The number of rotatable bonds is 4. The molecular formula is C14H19N3O2. The van der Waals surface area contributed by atoms with E-state index in [0.717, 1.165) is 19.5 Å². The first kappa shape index (κ1) is 13.7. The summed E-state index contributed by atoms with van der Waals surface area (Å²) in [4.78, 5) is 25.6. The van der Waals surface area contributed by atoms with Crippen LogP contribution in [-0.2, 0) is 4.79 Å². The molecular weight excluding hydrogens is 242 g/mol. The summed E-state index contributed by atoms with van der Waals surface area (Å²) in [5.74, 6) is -0.583. The quantitative estimate of drug-likeness (QED) is 0.815. The van der Waals surface area contributed by atoms with E-state index in [-0.39, 0.29) is 18.4 Å². The Kier molecular flexibility index (Phi) is 4.65. The van der Waals surface area contributed by atoms with Gasteiger partial charge in [-0.15, -0.1) is 0 Å². The van der Waals surface area contributed by atoms with Crippen LogP contribution in [0.5, 0.6) is 0 Å². The summed E-state index contributed by atoms with van der Waals surface area (Å²) in [5.41, 5.74) is 0.505. The number of imide groups is 1. The second-order valence-corrected chi connectivity index (χ2v) is 4.75. The van der Waals surface area contributed by atoms with Gasteiger partial charge >= 0.3 is 0 Å². The highest BCUT2D eigenvalue weighted by Gasteiger charge is 2.23. The van der Waals surface area contributed by atoms with Gasteiger partial charge in [-0.05, 0) is 25.6 Å². The Hall–Kier alpha value is -1.72. The van der Waals surface area contributed by atoms with Crippen LogP contribution in [0, 0.1) is 0 Å². The number of nitrogens with one attached hydrogen (secondary N) is 2. The number of hydrogen-bond donors (Lipinski definition) is 2. The highest BCUT2D eigenvalue weighted by Crippen LogP contribution is 2.07. The lowest BCUT2D eigenvalue weighted by atomic mass is 10.2. The van der Waals surface area contributed by atoms with Crippen LogP contribution in [0.2, 0.25) is 0 Å². The molecule has 2 rings (SSSR count). The number of amides is 2. The summed E-state index contributed by atoms with van der Waals surface area (Å²) in [6, 6.07) is 9.21. The summed E-state index contributed by atoms with van der Waals surface area (Å²) in [7, 11) is 1.92. The van der Waals surface area contributed by atoms with Gasteiger partial charge in [0, 0.05) is 24.7 Å². The minimum Gasteiger partial charge on any atom is -0.316 e. The molecule has 1 unspecified atom stereocenters. The van der Waals surface area contributed by atoms with Gasteiger partial charge in [-0.2, -0.15) is 0 Å². The van der Waals surface area contributed by atoms with Crippen molar-refractivity contribution in [3.63, 3.8) is 0 Å². The zero-order valence-electron chi connectivity index (χ0n) is 11.1. The summed E-state index contributed by atoms with van der Waals surface area (Å²) < 4.78 is 0. The highest BCUT2D eigenvalue weighted by molar-refractivity contribution is 6.05. The predicted octanol–water partition coefficient (Wildman–Crippen LogP) is 0.237. The molecule has 2 amide bonds. The third-order valence-corrected chi connectivity index (χ3v) is 3.34. The van der Waals surface area contributed by atoms with E-state index >= 15 is 0 Å². The number of carbonyl (C=O) groups excluding carboxylic acids is 2. The molecule has 1 aromatic rings. The Labute approximate surface area is 113 Å². The Morgan fingerprint density at radius 3 is 2.68 bits per heavy atom. The fourth-order valence-corrected chi connectivity index (χ4v) is 2.24. The predicted molar refractivity (Wildman–Crippen MR) is 72.8 cm³/mol. The Morgan fingerprint density at radius 2 is 2.05 bits per heavy atom. The van der Waals surface area contributed by atoms with Crippen LogP contribution >= 0.6 is 0 Å². The van der Waals surface area contributed by atoms with Gasteiger partial charge in [-0.1, -0.05) is 18.2 Å². The molecule has 1 heterocycles. The molecule has 102 valence electrons. The van der Waals surface area contributed by atoms with E-state index in [1.165, 1.54) is 0 Å². The van der Waals surface area contributed by atoms with E-state index in [1.807, 2.05) is 13.1 Å². The fourth-order valence-electron chi connectivity index (χ4n) is 2.24.